The van der Waals surface area contributed by atoms with Crippen molar-refractivity contribution in [2.24, 2.45) is 0 Å². The Hall–Kier alpha value is -1.88. The van der Waals surface area contributed by atoms with E-state index in [2.05, 4.69) is 0 Å². The summed E-state index contributed by atoms with van der Waals surface area (Å²) in [4.78, 5) is 25.4. The highest BCUT2D eigenvalue weighted by Crippen LogP contribution is 2.28. The summed E-state index contributed by atoms with van der Waals surface area (Å²) in [6.07, 6.45) is 1.15. The van der Waals surface area contributed by atoms with Crippen LogP contribution < -0.4 is 5.73 Å². The molecule has 2 atom stereocenters. The van der Waals surface area contributed by atoms with Gasteiger partial charge in [0.15, 0.2) is 0 Å². The smallest absolute Gasteiger partial charge is 0.258 e. The zero-order valence-electron chi connectivity index (χ0n) is 10.5. The number of anilines is 1. The number of rotatable bonds is 3. The maximum atomic E-state index is 12.0. The lowest BCUT2D eigenvalue weighted by atomic mass is 10.1. The standard InChI is InChI=1S/C14H16N2O3/c15-10-3-1-9(2-4-10)7-8-16-13(17)11-5-6-12(19-11)14(16)18/h1-4,11-12H,5-8,15H2. The lowest BCUT2D eigenvalue weighted by Crippen LogP contribution is -2.52. The van der Waals surface area contributed by atoms with Crippen molar-refractivity contribution in [1.82, 2.24) is 4.90 Å². The van der Waals surface area contributed by atoms with Gasteiger partial charge in [-0.25, -0.2) is 0 Å². The van der Waals surface area contributed by atoms with E-state index >= 15 is 0 Å². The first-order valence-corrected chi connectivity index (χ1v) is 6.50. The number of nitrogens with zero attached hydrogens (tertiary/aromatic N) is 1. The zero-order chi connectivity index (χ0) is 13.4. The molecule has 5 nitrogen and oxygen atoms in total. The summed E-state index contributed by atoms with van der Waals surface area (Å²) in [5, 5.41) is 0. The number of hydrogen-bond donors (Lipinski definition) is 1. The largest absolute Gasteiger partial charge is 0.399 e. The van der Waals surface area contributed by atoms with Crippen LogP contribution in [0.5, 0.6) is 0 Å². The number of nitrogen functional groups attached to an aromatic ring is 1. The van der Waals surface area contributed by atoms with Crippen LogP contribution in [0.2, 0.25) is 0 Å². The number of carbonyl (C=O) groups excluding carboxylic acids is 2. The summed E-state index contributed by atoms with van der Waals surface area (Å²) in [7, 11) is 0. The van der Waals surface area contributed by atoms with Crippen molar-refractivity contribution in [3.05, 3.63) is 29.8 Å². The molecule has 1 aromatic rings. The molecule has 2 aliphatic rings. The van der Waals surface area contributed by atoms with Gasteiger partial charge in [0.05, 0.1) is 0 Å². The topological polar surface area (TPSA) is 72.6 Å². The van der Waals surface area contributed by atoms with E-state index in [-0.39, 0.29) is 11.8 Å². The molecule has 1 aromatic carbocycles. The van der Waals surface area contributed by atoms with E-state index < -0.39 is 12.2 Å². The van der Waals surface area contributed by atoms with Gasteiger partial charge in [-0.05, 0) is 37.0 Å². The van der Waals surface area contributed by atoms with Crippen molar-refractivity contribution in [3.8, 4) is 0 Å². The molecule has 2 saturated heterocycles. The molecule has 2 bridgehead atoms. The van der Waals surface area contributed by atoms with Crippen LogP contribution in [-0.4, -0.2) is 35.5 Å². The van der Waals surface area contributed by atoms with Crippen LogP contribution in [0, 0.1) is 0 Å². The molecule has 2 aliphatic heterocycles. The second-order valence-electron chi connectivity index (χ2n) is 5.01. The molecular formula is C14H16N2O3. The molecular weight excluding hydrogens is 244 g/mol. The Morgan fingerprint density at radius 2 is 1.68 bits per heavy atom. The van der Waals surface area contributed by atoms with Gasteiger partial charge >= 0.3 is 0 Å². The van der Waals surface area contributed by atoms with Crippen molar-refractivity contribution in [2.75, 3.05) is 12.3 Å². The molecule has 2 fully saturated rings. The summed E-state index contributed by atoms with van der Waals surface area (Å²) in [6, 6.07) is 7.47. The first-order chi connectivity index (χ1) is 9.15. The Kier molecular flexibility index (Phi) is 2.98. The Labute approximate surface area is 111 Å². The lowest BCUT2D eigenvalue weighted by Gasteiger charge is -2.29. The third-order valence-corrected chi connectivity index (χ3v) is 3.71. The van der Waals surface area contributed by atoms with Gasteiger partial charge in [0.2, 0.25) is 0 Å². The van der Waals surface area contributed by atoms with Crippen LogP contribution in [0.15, 0.2) is 24.3 Å². The highest BCUT2D eigenvalue weighted by Gasteiger charge is 2.46. The monoisotopic (exact) mass is 260 g/mol. The molecule has 2 N–H and O–H groups in total. The lowest BCUT2D eigenvalue weighted by molar-refractivity contribution is -0.168. The van der Waals surface area contributed by atoms with E-state index in [1.54, 1.807) is 0 Å². The van der Waals surface area contributed by atoms with Crippen LogP contribution in [0.3, 0.4) is 0 Å². The highest BCUT2D eigenvalue weighted by molar-refractivity contribution is 6.02. The summed E-state index contributed by atoms with van der Waals surface area (Å²) in [5.41, 5.74) is 7.39. The third-order valence-electron chi connectivity index (χ3n) is 3.71. The molecule has 0 saturated carbocycles. The quantitative estimate of drug-likeness (QED) is 0.642. The van der Waals surface area contributed by atoms with Gasteiger partial charge < -0.3 is 10.5 Å². The number of morpholine rings is 1. The predicted molar refractivity (Wildman–Crippen MR) is 69.2 cm³/mol. The fourth-order valence-corrected chi connectivity index (χ4v) is 2.60. The molecule has 19 heavy (non-hydrogen) atoms. The minimum absolute atomic E-state index is 0.186. The average molecular weight is 260 g/mol. The molecule has 0 spiro atoms. The summed E-state index contributed by atoms with van der Waals surface area (Å²) in [6.45, 7) is 0.415. The number of likely N-dealkylation sites (tertiary alicyclic amines) is 1. The fraction of sp³-hybridized carbons (Fsp3) is 0.429. The van der Waals surface area contributed by atoms with Gasteiger partial charge in [-0.1, -0.05) is 12.1 Å². The van der Waals surface area contributed by atoms with Gasteiger partial charge in [0.25, 0.3) is 11.8 Å². The van der Waals surface area contributed by atoms with Crippen molar-refractivity contribution >= 4 is 17.5 Å². The molecule has 2 heterocycles. The zero-order valence-corrected chi connectivity index (χ0v) is 10.5. The minimum atomic E-state index is -0.408. The number of ether oxygens (including phenoxy) is 1. The Morgan fingerprint density at radius 1 is 1.11 bits per heavy atom. The Morgan fingerprint density at radius 3 is 2.26 bits per heavy atom. The summed E-state index contributed by atoms with van der Waals surface area (Å²) >= 11 is 0. The van der Waals surface area contributed by atoms with Gasteiger partial charge in [-0.15, -0.1) is 0 Å². The molecule has 5 heteroatoms. The number of hydrogen-bond acceptors (Lipinski definition) is 4. The van der Waals surface area contributed by atoms with E-state index in [4.69, 9.17) is 10.5 Å². The molecule has 3 rings (SSSR count). The van der Waals surface area contributed by atoms with Gasteiger partial charge in [-0.2, -0.15) is 0 Å². The predicted octanol–water partition coefficient (Wildman–Crippen LogP) is 0.728. The highest BCUT2D eigenvalue weighted by atomic mass is 16.5. The van der Waals surface area contributed by atoms with Gasteiger partial charge in [0, 0.05) is 12.2 Å². The van der Waals surface area contributed by atoms with E-state index in [0.717, 1.165) is 5.56 Å². The van der Waals surface area contributed by atoms with Crippen molar-refractivity contribution in [2.45, 2.75) is 31.5 Å². The third kappa shape index (κ3) is 2.21. The molecule has 0 aromatic heterocycles. The normalized spacial score (nSPS) is 26.0. The molecule has 0 aliphatic carbocycles. The van der Waals surface area contributed by atoms with Crippen molar-refractivity contribution < 1.29 is 14.3 Å². The van der Waals surface area contributed by atoms with E-state index in [1.165, 1.54) is 4.90 Å². The van der Waals surface area contributed by atoms with E-state index in [0.29, 0.717) is 31.5 Å². The molecule has 2 unspecified atom stereocenters. The van der Waals surface area contributed by atoms with Crippen LogP contribution in [-0.2, 0) is 20.7 Å². The summed E-state index contributed by atoms with van der Waals surface area (Å²) < 4.78 is 5.36. The fourth-order valence-electron chi connectivity index (χ4n) is 2.60. The second kappa shape index (κ2) is 4.66. The molecule has 0 radical (unpaired) electrons. The number of nitrogens with two attached hydrogens (primary N) is 1. The number of carbonyl (C=O) groups is 2. The maximum absolute atomic E-state index is 12.0. The van der Waals surface area contributed by atoms with E-state index in [1.807, 2.05) is 24.3 Å². The first-order valence-electron chi connectivity index (χ1n) is 6.50. The Balaban J connectivity index is 1.67. The maximum Gasteiger partial charge on any atom is 0.258 e. The molecule has 2 amide bonds. The van der Waals surface area contributed by atoms with Crippen LogP contribution in [0.25, 0.3) is 0 Å². The van der Waals surface area contributed by atoms with Crippen molar-refractivity contribution in [3.63, 3.8) is 0 Å². The van der Waals surface area contributed by atoms with Crippen LogP contribution >= 0.6 is 0 Å². The summed E-state index contributed by atoms with van der Waals surface area (Å²) in [5.74, 6) is -0.372. The minimum Gasteiger partial charge on any atom is -0.399 e. The number of imide groups is 1. The number of amides is 2. The first kappa shape index (κ1) is 12.2. The van der Waals surface area contributed by atoms with Gasteiger partial charge in [-0.3, -0.25) is 14.5 Å². The van der Waals surface area contributed by atoms with Crippen LogP contribution in [0.1, 0.15) is 18.4 Å². The number of benzene rings is 1. The number of fused-ring (bicyclic) bond motifs is 2. The van der Waals surface area contributed by atoms with Crippen molar-refractivity contribution in [1.29, 1.82) is 0 Å². The van der Waals surface area contributed by atoms with Gasteiger partial charge in [0.1, 0.15) is 12.2 Å². The molecule has 100 valence electrons. The van der Waals surface area contributed by atoms with E-state index in [9.17, 15) is 9.59 Å². The second-order valence-corrected chi connectivity index (χ2v) is 5.01. The SMILES string of the molecule is Nc1ccc(CCN2C(=O)C3CCC(O3)C2=O)cc1. The average Bonchev–Trinajstić information content (AvgIpc) is 2.86. The van der Waals surface area contributed by atoms with Crippen LogP contribution in [0.4, 0.5) is 5.69 Å². The Bertz CT molecular complexity index is 490.